The van der Waals surface area contributed by atoms with Crippen molar-refractivity contribution >= 4 is 57.9 Å². The van der Waals surface area contributed by atoms with Gasteiger partial charge in [-0.2, -0.15) is 13.2 Å². The number of amides is 2. The molecule has 2 aromatic rings. The quantitative estimate of drug-likeness (QED) is 0.541. The first kappa shape index (κ1) is 18.8. The molecule has 1 aliphatic rings. The van der Waals surface area contributed by atoms with Gasteiger partial charge < -0.3 is 0 Å². The fourth-order valence-corrected chi connectivity index (χ4v) is 3.62. The molecular formula is C17H8Cl2F3NO2S. The molecule has 1 aliphatic heterocycles. The third-order valence-electron chi connectivity index (χ3n) is 3.50. The standard InChI is InChI=1S/C17H8Cl2F3NO2S/c18-12-5-2-6-13(19)11(12)8-14-15(24)23(16(25)26-14)10-4-1-3-9(7-10)17(20,21)22/h1-8H/b14-8-. The van der Waals surface area contributed by atoms with Gasteiger partial charge in [-0.15, -0.1) is 0 Å². The summed E-state index contributed by atoms with van der Waals surface area (Å²) in [4.78, 5) is 25.5. The minimum Gasteiger partial charge on any atom is -0.268 e. The van der Waals surface area contributed by atoms with Gasteiger partial charge in [0.25, 0.3) is 11.1 Å². The Morgan fingerprint density at radius 3 is 2.23 bits per heavy atom. The van der Waals surface area contributed by atoms with E-state index in [9.17, 15) is 22.8 Å². The molecule has 0 spiro atoms. The lowest BCUT2D eigenvalue weighted by atomic mass is 10.1. The first-order valence-electron chi connectivity index (χ1n) is 7.07. The predicted molar refractivity (Wildman–Crippen MR) is 96.4 cm³/mol. The Morgan fingerprint density at radius 1 is 1.00 bits per heavy atom. The number of nitrogens with zero attached hydrogens (tertiary/aromatic N) is 1. The SMILES string of the molecule is O=C1S/C(=C\c2c(Cl)cccc2Cl)C(=O)N1c1cccc(C(F)(F)F)c1. The summed E-state index contributed by atoms with van der Waals surface area (Å²) in [5, 5.41) is -0.143. The molecule has 0 atom stereocenters. The summed E-state index contributed by atoms with van der Waals surface area (Å²) in [6.07, 6.45) is -3.23. The molecule has 0 aromatic heterocycles. The van der Waals surface area contributed by atoms with E-state index in [4.69, 9.17) is 23.2 Å². The van der Waals surface area contributed by atoms with Gasteiger partial charge in [0.15, 0.2) is 0 Å². The number of anilines is 1. The molecule has 0 bridgehead atoms. The molecule has 1 fully saturated rings. The van der Waals surface area contributed by atoms with Crippen molar-refractivity contribution in [3.05, 3.63) is 68.5 Å². The van der Waals surface area contributed by atoms with Crippen molar-refractivity contribution in [3.63, 3.8) is 0 Å². The van der Waals surface area contributed by atoms with Crippen LogP contribution in [-0.4, -0.2) is 11.1 Å². The number of halogens is 5. The van der Waals surface area contributed by atoms with Crippen LogP contribution in [0.25, 0.3) is 6.08 Å². The van der Waals surface area contributed by atoms with Crippen LogP contribution in [0.3, 0.4) is 0 Å². The zero-order chi connectivity index (χ0) is 19.1. The Hall–Kier alpha value is -1.96. The number of imide groups is 1. The highest BCUT2D eigenvalue weighted by Gasteiger charge is 2.38. The highest BCUT2D eigenvalue weighted by molar-refractivity contribution is 8.19. The number of benzene rings is 2. The minimum atomic E-state index is -4.58. The summed E-state index contributed by atoms with van der Waals surface area (Å²) in [5.41, 5.74) is -0.756. The minimum absolute atomic E-state index is 0.0161. The average Bonchev–Trinajstić information content (AvgIpc) is 2.84. The maximum Gasteiger partial charge on any atom is 0.416 e. The first-order chi connectivity index (χ1) is 12.2. The van der Waals surface area contributed by atoms with Gasteiger partial charge in [-0.3, -0.25) is 9.59 Å². The Morgan fingerprint density at radius 2 is 1.62 bits per heavy atom. The zero-order valence-corrected chi connectivity index (χ0v) is 15.0. The van der Waals surface area contributed by atoms with Gasteiger partial charge in [-0.1, -0.05) is 35.3 Å². The molecule has 1 heterocycles. The normalized spacial score (nSPS) is 16.7. The topological polar surface area (TPSA) is 37.4 Å². The second kappa shape index (κ2) is 6.98. The highest BCUT2D eigenvalue weighted by Crippen LogP contribution is 2.39. The van der Waals surface area contributed by atoms with E-state index in [1.807, 2.05) is 0 Å². The van der Waals surface area contributed by atoms with Gasteiger partial charge in [0.05, 0.1) is 16.2 Å². The van der Waals surface area contributed by atoms with Crippen LogP contribution in [0.1, 0.15) is 11.1 Å². The summed E-state index contributed by atoms with van der Waals surface area (Å²) in [6, 6.07) is 8.76. The molecule has 134 valence electrons. The number of alkyl halides is 3. The van der Waals surface area contributed by atoms with Crippen LogP contribution < -0.4 is 4.90 Å². The fourth-order valence-electron chi connectivity index (χ4n) is 2.29. The van der Waals surface area contributed by atoms with E-state index in [2.05, 4.69) is 0 Å². The molecule has 2 amide bonds. The average molecular weight is 418 g/mol. The van der Waals surface area contributed by atoms with Crippen LogP contribution in [0.5, 0.6) is 0 Å². The van der Waals surface area contributed by atoms with E-state index in [0.29, 0.717) is 22.2 Å². The van der Waals surface area contributed by atoms with Crippen molar-refractivity contribution in [2.24, 2.45) is 0 Å². The van der Waals surface area contributed by atoms with E-state index in [1.54, 1.807) is 18.2 Å². The summed E-state index contributed by atoms with van der Waals surface area (Å²) in [6.45, 7) is 0. The third-order valence-corrected chi connectivity index (χ3v) is 5.03. The van der Waals surface area contributed by atoms with Gasteiger partial charge in [-0.05, 0) is 48.2 Å². The molecule has 0 unspecified atom stereocenters. The highest BCUT2D eigenvalue weighted by atomic mass is 35.5. The van der Waals surface area contributed by atoms with E-state index >= 15 is 0 Å². The molecule has 9 heteroatoms. The lowest BCUT2D eigenvalue weighted by molar-refractivity contribution is -0.137. The van der Waals surface area contributed by atoms with Crippen LogP contribution in [0.2, 0.25) is 10.0 Å². The summed E-state index contributed by atoms with van der Waals surface area (Å²) >= 11 is 12.7. The van der Waals surface area contributed by atoms with Crippen molar-refractivity contribution < 1.29 is 22.8 Å². The lowest BCUT2D eigenvalue weighted by Gasteiger charge is -2.14. The number of thioether (sulfide) groups is 1. The van der Waals surface area contributed by atoms with Crippen molar-refractivity contribution in [3.8, 4) is 0 Å². The number of carbonyl (C=O) groups is 2. The molecule has 0 N–H and O–H groups in total. The van der Waals surface area contributed by atoms with Crippen molar-refractivity contribution in [1.82, 2.24) is 0 Å². The van der Waals surface area contributed by atoms with E-state index in [0.717, 1.165) is 18.2 Å². The lowest BCUT2D eigenvalue weighted by Crippen LogP contribution is -2.28. The number of rotatable bonds is 2. The van der Waals surface area contributed by atoms with Crippen LogP contribution in [0.15, 0.2) is 47.4 Å². The maximum atomic E-state index is 12.9. The van der Waals surface area contributed by atoms with Crippen LogP contribution in [0.4, 0.5) is 23.7 Å². The smallest absolute Gasteiger partial charge is 0.268 e. The fraction of sp³-hybridized carbons (Fsp3) is 0.0588. The first-order valence-corrected chi connectivity index (χ1v) is 8.65. The second-order valence-electron chi connectivity index (χ2n) is 5.20. The monoisotopic (exact) mass is 417 g/mol. The summed E-state index contributed by atoms with van der Waals surface area (Å²) in [5.74, 6) is -0.740. The Labute approximate surface area is 160 Å². The van der Waals surface area contributed by atoms with Crippen LogP contribution >= 0.6 is 35.0 Å². The van der Waals surface area contributed by atoms with E-state index in [-0.39, 0.29) is 20.6 Å². The van der Waals surface area contributed by atoms with E-state index in [1.165, 1.54) is 12.1 Å². The van der Waals surface area contributed by atoms with Crippen LogP contribution in [0, 0.1) is 0 Å². The molecule has 1 saturated heterocycles. The van der Waals surface area contributed by atoms with Gasteiger partial charge in [0.1, 0.15) is 0 Å². The number of hydrogen-bond acceptors (Lipinski definition) is 3. The number of carbonyl (C=O) groups excluding carboxylic acids is 2. The predicted octanol–water partition coefficient (Wildman–Crippen LogP) is 6.25. The van der Waals surface area contributed by atoms with Gasteiger partial charge >= 0.3 is 6.18 Å². The second-order valence-corrected chi connectivity index (χ2v) is 7.01. The van der Waals surface area contributed by atoms with Gasteiger partial charge in [0.2, 0.25) is 0 Å². The molecule has 0 saturated carbocycles. The van der Waals surface area contributed by atoms with E-state index < -0.39 is 22.9 Å². The molecule has 3 nitrogen and oxygen atoms in total. The van der Waals surface area contributed by atoms with Crippen molar-refractivity contribution in [2.75, 3.05) is 4.90 Å². The van der Waals surface area contributed by atoms with Crippen LogP contribution in [-0.2, 0) is 11.0 Å². The molecule has 2 aromatic carbocycles. The van der Waals surface area contributed by atoms with Gasteiger partial charge in [0, 0.05) is 15.6 Å². The summed E-state index contributed by atoms with van der Waals surface area (Å²) in [7, 11) is 0. The molecule has 0 aliphatic carbocycles. The molecule has 3 rings (SSSR count). The Kier molecular flexibility index (Phi) is 5.05. The molecular weight excluding hydrogens is 410 g/mol. The third kappa shape index (κ3) is 3.60. The van der Waals surface area contributed by atoms with Crippen molar-refractivity contribution in [2.45, 2.75) is 6.18 Å². The summed E-state index contributed by atoms with van der Waals surface area (Å²) < 4.78 is 38.6. The molecule has 26 heavy (non-hydrogen) atoms. The van der Waals surface area contributed by atoms with Gasteiger partial charge in [-0.25, -0.2) is 4.90 Å². The number of hydrogen-bond donors (Lipinski definition) is 0. The molecule has 0 radical (unpaired) electrons. The van der Waals surface area contributed by atoms with Crippen molar-refractivity contribution in [1.29, 1.82) is 0 Å². The largest absolute Gasteiger partial charge is 0.416 e. The zero-order valence-electron chi connectivity index (χ0n) is 12.7. The maximum absolute atomic E-state index is 12.9. The Bertz CT molecular complexity index is 924. The Balaban J connectivity index is 1.99.